The minimum absolute atomic E-state index is 0.00612. The molecule has 2 aliphatic carbocycles. The number of aryl methyl sites for hydroxylation is 1. The van der Waals surface area contributed by atoms with E-state index in [1.54, 1.807) is 0 Å². The molecule has 0 saturated heterocycles. The van der Waals surface area contributed by atoms with E-state index in [-0.39, 0.29) is 11.9 Å². The Bertz CT molecular complexity index is 1690. The van der Waals surface area contributed by atoms with E-state index in [2.05, 4.69) is 92.6 Å². The van der Waals surface area contributed by atoms with Crippen LogP contribution >= 0.6 is 0 Å². The average Bonchev–Trinajstić information content (AvgIpc) is 3.25. The van der Waals surface area contributed by atoms with Crippen LogP contribution in [0, 0.1) is 30.1 Å². The molecule has 1 saturated carbocycles. The number of nitrogens with zero attached hydrogens (tertiary/aromatic N) is 3. The molecule has 0 spiro atoms. The SMILES string of the molecule is C=CC(=O)N1CCC=C(C2=C(C#N)C(OC[C@@H]3CCCC3C)=C=CC3=C2CCN(c2cccc4cccc(C)c24)C3)C[C@@H]1C. The van der Waals surface area contributed by atoms with Gasteiger partial charge in [-0.25, -0.2) is 0 Å². The van der Waals surface area contributed by atoms with Crippen molar-refractivity contribution < 1.29 is 9.53 Å². The third kappa shape index (κ3) is 5.68. The number of amides is 1. The fourth-order valence-corrected chi connectivity index (χ4v) is 7.66. The highest BCUT2D eigenvalue weighted by atomic mass is 16.5. The summed E-state index contributed by atoms with van der Waals surface area (Å²) in [5, 5.41) is 13.3. The molecular formula is C39H43N3O2. The van der Waals surface area contributed by atoms with Crippen LogP contribution in [0.2, 0.25) is 0 Å². The average molecular weight is 586 g/mol. The maximum absolute atomic E-state index is 12.7. The standard InChI is InChI=1S/C39H43N3O2/c1-5-37(43)42-20-9-15-30(22-28(42)4)39-33-19-21-41(35-16-8-13-29-12-7-11-27(3)38(29)35)24-31(33)17-18-36(34(39)23-40)44-25-32-14-6-10-26(32)2/h5,7-8,11-13,15-17,26,28,32H,1,6,9-10,14,19-22,24-25H2,2-4H3/t26?,28-,32-/m0/s1. The van der Waals surface area contributed by atoms with Gasteiger partial charge in [-0.3, -0.25) is 4.79 Å². The van der Waals surface area contributed by atoms with Crippen molar-refractivity contribution in [1.29, 1.82) is 5.26 Å². The Morgan fingerprint density at radius 3 is 2.75 bits per heavy atom. The molecule has 0 N–H and O–H groups in total. The van der Waals surface area contributed by atoms with Crippen LogP contribution in [-0.4, -0.2) is 43.1 Å². The third-order valence-electron chi connectivity index (χ3n) is 10.1. The summed E-state index contributed by atoms with van der Waals surface area (Å²) in [5.74, 6) is 1.64. The number of ether oxygens (including phenoxy) is 1. The van der Waals surface area contributed by atoms with E-state index in [0.717, 1.165) is 37.1 Å². The van der Waals surface area contributed by atoms with Crippen molar-refractivity contribution in [3.63, 3.8) is 0 Å². The second-order valence-electron chi connectivity index (χ2n) is 12.9. The van der Waals surface area contributed by atoms with Gasteiger partial charge in [-0.2, -0.15) is 5.26 Å². The van der Waals surface area contributed by atoms with E-state index in [4.69, 9.17) is 4.74 Å². The van der Waals surface area contributed by atoms with Gasteiger partial charge in [-0.05, 0) is 97.3 Å². The minimum Gasteiger partial charge on any atom is -0.484 e. The van der Waals surface area contributed by atoms with Crippen molar-refractivity contribution in [2.45, 2.75) is 65.3 Å². The molecule has 2 heterocycles. The summed E-state index contributed by atoms with van der Waals surface area (Å²) >= 11 is 0. The Morgan fingerprint density at radius 1 is 1.18 bits per heavy atom. The van der Waals surface area contributed by atoms with Gasteiger partial charge < -0.3 is 14.5 Å². The van der Waals surface area contributed by atoms with Crippen LogP contribution in [0.25, 0.3) is 10.8 Å². The minimum atomic E-state index is -0.0441. The number of benzene rings is 2. The van der Waals surface area contributed by atoms with Gasteiger partial charge in [0, 0.05) is 42.3 Å². The zero-order chi connectivity index (χ0) is 30.8. The predicted molar refractivity (Wildman–Crippen MR) is 178 cm³/mol. The second kappa shape index (κ2) is 12.8. The summed E-state index contributed by atoms with van der Waals surface area (Å²) in [6.07, 6.45) is 11.6. The van der Waals surface area contributed by atoms with Gasteiger partial charge in [0.1, 0.15) is 11.6 Å². The van der Waals surface area contributed by atoms with Crippen molar-refractivity contribution >= 4 is 22.4 Å². The van der Waals surface area contributed by atoms with Crippen molar-refractivity contribution in [3.8, 4) is 6.07 Å². The molecule has 0 aromatic heterocycles. The molecule has 226 valence electrons. The van der Waals surface area contributed by atoms with Gasteiger partial charge in [-0.1, -0.05) is 68.5 Å². The maximum atomic E-state index is 12.7. The number of carbonyl (C=O) groups excluding carboxylic acids is 1. The molecule has 0 radical (unpaired) electrons. The van der Waals surface area contributed by atoms with Crippen LogP contribution < -0.4 is 4.90 Å². The fraction of sp³-hybridized carbons (Fsp3) is 0.410. The lowest BCUT2D eigenvalue weighted by molar-refractivity contribution is -0.127. The van der Waals surface area contributed by atoms with E-state index in [1.165, 1.54) is 58.5 Å². The van der Waals surface area contributed by atoms with Crippen LogP contribution in [-0.2, 0) is 9.53 Å². The molecule has 1 amide bonds. The molecule has 5 nitrogen and oxygen atoms in total. The summed E-state index contributed by atoms with van der Waals surface area (Å²) in [6.45, 7) is 13.1. The first-order valence-corrected chi connectivity index (χ1v) is 16.2. The summed E-state index contributed by atoms with van der Waals surface area (Å²) in [6, 6.07) is 15.6. The Balaban J connectivity index is 1.41. The molecule has 1 fully saturated rings. The molecule has 2 aromatic carbocycles. The van der Waals surface area contributed by atoms with Crippen LogP contribution in [0.1, 0.15) is 57.9 Å². The number of carbonyl (C=O) groups is 1. The van der Waals surface area contributed by atoms with Gasteiger partial charge in [0.25, 0.3) is 0 Å². The zero-order valence-corrected chi connectivity index (χ0v) is 26.4. The van der Waals surface area contributed by atoms with Crippen LogP contribution in [0.3, 0.4) is 0 Å². The number of nitriles is 1. The lowest BCUT2D eigenvalue weighted by Gasteiger charge is -2.34. The lowest BCUT2D eigenvalue weighted by Crippen LogP contribution is -2.37. The summed E-state index contributed by atoms with van der Waals surface area (Å²) in [7, 11) is 0. The summed E-state index contributed by atoms with van der Waals surface area (Å²) < 4.78 is 6.52. The molecule has 2 aliphatic heterocycles. The predicted octanol–water partition coefficient (Wildman–Crippen LogP) is 8.10. The Kier molecular flexibility index (Phi) is 8.65. The van der Waals surface area contributed by atoms with E-state index in [9.17, 15) is 10.1 Å². The molecule has 6 rings (SSSR count). The van der Waals surface area contributed by atoms with Gasteiger partial charge in [0.2, 0.25) is 5.91 Å². The molecule has 44 heavy (non-hydrogen) atoms. The number of anilines is 1. The first kappa shape index (κ1) is 29.8. The third-order valence-corrected chi connectivity index (χ3v) is 10.1. The van der Waals surface area contributed by atoms with Crippen LogP contribution in [0.15, 0.2) is 101 Å². The van der Waals surface area contributed by atoms with Gasteiger partial charge in [0.15, 0.2) is 5.76 Å². The van der Waals surface area contributed by atoms with Crippen LogP contribution in [0.4, 0.5) is 5.69 Å². The molecule has 5 heteroatoms. The van der Waals surface area contributed by atoms with Crippen molar-refractivity contribution in [2.24, 2.45) is 11.8 Å². The zero-order valence-electron chi connectivity index (χ0n) is 26.4. The summed E-state index contributed by atoms with van der Waals surface area (Å²) in [5.41, 5.74) is 11.1. The molecule has 1 unspecified atom stereocenters. The van der Waals surface area contributed by atoms with Gasteiger partial charge >= 0.3 is 0 Å². The van der Waals surface area contributed by atoms with E-state index < -0.39 is 0 Å². The number of hydrogen-bond donors (Lipinski definition) is 0. The fourth-order valence-electron chi connectivity index (χ4n) is 7.66. The van der Waals surface area contributed by atoms with Crippen LogP contribution in [0.5, 0.6) is 0 Å². The topological polar surface area (TPSA) is 56.6 Å². The second-order valence-corrected chi connectivity index (χ2v) is 12.9. The summed E-state index contributed by atoms with van der Waals surface area (Å²) in [4.78, 5) is 17.0. The van der Waals surface area contributed by atoms with Crippen molar-refractivity contribution in [3.05, 3.63) is 106 Å². The number of fused-ring (bicyclic) bond motifs is 1. The normalized spacial score (nSPS) is 23.9. The maximum Gasteiger partial charge on any atom is 0.246 e. The Hall–Kier alpha value is -4.26. The first-order valence-electron chi connectivity index (χ1n) is 16.2. The molecule has 0 bridgehead atoms. The van der Waals surface area contributed by atoms with E-state index >= 15 is 0 Å². The smallest absolute Gasteiger partial charge is 0.246 e. The number of rotatable bonds is 6. The monoisotopic (exact) mass is 585 g/mol. The Labute approximate surface area is 262 Å². The number of allylic oxidation sites excluding steroid dienone is 1. The lowest BCUT2D eigenvalue weighted by atomic mass is 9.83. The highest BCUT2D eigenvalue weighted by Gasteiger charge is 2.32. The largest absolute Gasteiger partial charge is 0.484 e. The Morgan fingerprint density at radius 2 is 2.00 bits per heavy atom. The number of hydrogen-bond acceptors (Lipinski definition) is 4. The molecule has 3 atom stereocenters. The highest BCUT2D eigenvalue weighted by molar-refractivity contribution is 5.97. The molecule has 4 aliphatic rings. The van der Waals surface area contributed by atoms with Gasteiger partial charge in [0.05, 0.1) is 6.61 Å². The van der Waals surface area contributed by atoms with Gasteiger partial charge in [-0.15, -0.1) is 0 Å². The van der Waals surface area contributed by atoms with E-state index in [1.807, 2.05) is 4.90 Å². The van der Waals surface area contributed by atoms with Crippen molar-refractivity contribution in [1.82, 2.24) is 4.90 Å². The molecule has 2 aromatic rings. The quantitative estimate of drug-likeness (QED) is 0.254. The van der Waals surface area contributed by atoms with E-state index in [0.29, 0.717) is 42.7 Å². The molecular weight excluding hydrogens is 542 g/mol. The highest BCUT2D eigenvalue weighted by Crippen LogP contribution is 2.41. The first-order chi connectivity index (χ1) is 21.4. The van der Waals surface area contributed by atoms with Crippen molar-refractivity contribution in [2.75, 3.05) is 31.1 Å².